The van der Waals surface area contributed by atoms with Crippen LogP contribution in [-0.2, 0) is 0 Å². The zero-order chi connectivity index (χ0) is 12.3. The summed E-state index contributed by atoms with van der Waals surface area (Å²) in [5.74, 6) is 0. The van der Waals surface area contributed by atoms with E-state index in [1.54, 1.807) is 42.5 Å². The fraction of sp³-hybridized carbons (Fsp3) is 0. The highest BCUT2D eigenvalue weighted by Crippen LogP contribution is 2.29. The Morgan fingerprint density at radius 3 is 2.29 bits per heavy atom. The number of halogens is 2. The van der Waals surface area contributed by atoms with Crippen LogP contribution < -0.4 is 5.73 Å². The van der Waals surface area contributed by atoms with Crippen LogP contribution in [0, 0.1) is 0 Å². The van der Waals surface area contributed by atoms with E-state index in [9.17, 15) is 0 Å². The van der Waals surface area contributed by atoms with Crippen molar-refractivity contribution >= 4 is 40.3 Å². The van der Waals surface area contributed by atoms with Crippen LogP contribution in [0.2, 0.25) is 10.0 Å². The van der Waals surface area contributed by atoms with Crippen LogP contribution in [0.25, 0.3) is 0 Å². The van der Waals surface area contributed by atoms with Gasteiger partial charge in [-0.05, 0) is 42.5 Å². The maximum atomic E-state index is 5.96. The first-order valence-corrected chi connectivity index (χ1v) is 5.63. The first-order chi connectivity index (χ1) is 8.15. The van der Waals surface area contributed by atoms with Gasteiger partial charge in [-0.15, -0.1) is 5.11 Å². The molecule has 0 bridgehead atoms. The van der Waals surface area contributed by atoms with Crippen molar-refractivity contribution in [1.82, 2.24) is 0 Å². The second-order valence-electron chi connectivity index (χ2n) is 3.39. The minimum absolute atomic E-state index is 0.508. The molecule has 0 spiro atoms. The lowest BCUT2D eigenvalue weighted by atomic mass is 10.3. The lowest BCUT2D eigenvalue weighted by Gasteiger charge is -1.97. The van der Waals surface area contributed by atoms with E-state index in [2.05, 4.69) is 10.2 Å². The SMILES string of the molecule is Nc1ccc(N=Nc2cc(Cl)ccc2Cl)cc1. The average molecular weight is 266 g/mol. The monoisotopic (exact) mass is 265 g/mol. The molecule has 0 radical (unpaired) electrons. The Bertz CT molecular complexity index is 550. The molecule has 0 aliphatic rings. The smallest absolute Gasteiger partial charge is 0.106 e. The molecule has 0 amide bonds. The summed E-state index contributed by atoms with van der Waals surface area (Å²) >= 11 is 11.8. The van der Waals surface area contributed by atoms with Crippen LogP contribution in [0.15, 0.2) is 52.7 Å². The third-order valence-electron chi connectivity index (χ3n) is 2.07. The summed E-state index contributed by atoms with van der Waals surface area (Å²) in [4.78, 5) is 0. The number of rotatable bonds is 2. The van der Waals surface area contributed by atoms with Crippen LogP contribution in [0.4, 0.5) is 17.1 Å². The van der Waals surface area contributed by atoms with Crippen LogP contribution in [-0.4, -0.2) is 0 Å². The van der Waals surface area contributed by atoms with Crippen molar-refractivity contribution in [2.75, 3.05) is 5.73 Å². The van der Waals surface area contributed by atoms with Gasteiger partial charge < -0.3 is 5.73 Å². The average Bonchev–Trinajstić information content (AvgIpc) is 2.32. The first-order valence-electron chi connectivity index (χ1n) is 4.87. The predicted molar refractivity (Wildman–Crippen MR) is 71.5 cm³/mol. The minimum atomic E-state index is 0.508. The molecule has 0 aliphatic carbocycles. The maximum Gasteiger partial charge on any atom is 0.106 e. The highest BCUT2D eigenvalue weighted by Gasteiger charge is 1.99. The standard InChI is InChI=1S/C12H9Cl2N3/c13-8-1-6-11(14)12(7-8)17-16-10-4-2-9(15)3-5-10/h1-7H,15H2. The molecule has 0 unspecified atom stereocenters. The Hall–Kier alpha value is -1.58. The highest BCUT2D eigenvalue weighted by atomic mass is 35.5. The molecule has 2 aromatic carbocycles. The zero-order valence-electron chi connectivity index (χ0n) is 8.77. The van der Waals surface area contributed by atoms with E-state index in [0.717, 1.165) is 0 Å². The summed E-state index contributed by atoms with van der Waals surface area (Å²) < 4.78 is 0. The molecule has 2 N–H and O–H groups in total. The van der Waals surface area contributed by atoms with Crippen LogP contribution in [0.3, 0.4) is 0 Å². The van der Waals surface area contributed by atoms with Gasteiger partial charge in [0, 0.05) is 10.7 Å². The molecule has 0 fully saturated rings. The molecule has 0 saturated carbocycles. The number of azo groups is 1. The van der Waals surface area contributed by atoms with Crippen molar-refractivity contribution in [3.8, 4) is 0 Å². The molecule has 0 aromatic heterocycles. The number of hydrogen-bond acceptors (Lipinski definition) is 3. The van der Waals surface area contributed by atoms with Gasteiger partial charge in [-0.1, -0.05) is 23.2 Å². The first kappa shape index (κ1) is 11.9. The van der Waals surface area contributed by atoms with Gasteiger partial charge in [0.05, 0.1) is 10.7 Å². The van der Waals surface area contributed by atoms with E-state index in [1.165, 1.54) is 0 Å². The van der Waals surface area contributed by atoms with E-state index >= 15 is 0 Å². The largest absolute Gasteiger partial charge is 0.399 e. The van der Waals surface area contributed by atoms with Crippen molar-refractivity contribution in [3.63, 3.8) is 0 Å². The number of nitrogens with zero attached hydrogens (tertiary/aromatic N) is 2. The Balaban J connectivity index is 2.25. The van der Waals surface area contributed by atoms with Gasteiger partial charge in [-0.3, -0.25) is 0 Å². The van der Waals surface area contributed by atoms with Crippen molar-refractivity contribution < 1.29 is 0 Å². The lowest BCUT2D eigenvalue weighted by Crippen LogP contribution is -1.80. The number of anilines is 1. The van der Waals surface area contributed by atoms with Crippen LogP contribution in [0.5, 0.6) is 0 Å². The van der Waals surface area contributed by atoms with Crippen LogP contribution >= 0.6 is 23.2 Å². The molecule has 0 atom stereocenters. The van der Waals surface area contributed by atoms with E-state index in [4.69, 9.17) is 28.9 Å². The fourth-order valence-corrected chi connectivity index (χ4v) is 1.54. The third-order valence-corrected chi connectivity index (χ3v) is 2.63. The summed E-state index contributed by atoms with van der Waals surface area (Å²) in [5, 5.41) is 9.16. The van der Waals surface area contributed by atoms with Gasteiger partial charge in [0.15, 0.2) is 0 Å². The van der Waals surface area contributed by atoms with Gasteiger partial charge in [0.1, 0.15) is 5.69 Å². The number of nitrogens with two attached hydrogens (primary N) is 1. The quantitative estimate of drug-likeness (QED) is 0.604. The molecule has 17 heavy (non-hydrogen) atoms. The Kier molecular flexibility index (Phi) is 3.61. The van der Waals surface area contributed by atoms with Crippen LogP contribution in [0.1, 0.15) is 0 Å². The fourth-order valence-electron chi connectivity index (χ4n) is 1.22. The minimum Gasteiger partial charge on any atom is -0.399 e. The molecule has 2 rings (SSSR count). The number of benzene rings is 2. The van der Waals surface area contributed by atoms with Crippen molar-refractivity contribution in [2.24, 2.45) is 10.2 Å². The normalized spacial score (nSPS) is 10.9. The maximum absolute atomic E-state index is 5.96. The van der Waals surface area contributed by atoms with Crippen molar-refractivity contribution in [2.45, 2.75) is 0 Å². The molecule has 0 heterocycles. The van der Waals surface area contributed by atoms with E-state index < -0.39 is 0 Å². The van der Waals surface area contributed by atoms with Crippen molar-refractivity contribution in [3.05, 3.63) is 52.5 Å². The molecule has 5 heteroatoms. The number of nitrogen functional groups attached to an aromatic ring is 1. The van der Waals surface area contributed by atoms with Crippen molar-refractivity contribution in [1.29, 1.82) is 0 Å². The Labute approximate surface area is 109 Å². The third kappa shape index (κ3) is 3.19. The van der Waals surface area contributed by atoms with E-state index in [-0.39, 0.29) is 0 Å². The molecule has 0 saturated heterocycles. The second kappa shape index (κ2) is 5.17. The summed E-state index contributed by atoms with van der Waals surface area (Å²) in [6.07, 6.45) is 0. The molecular weight excluding hydrogens is 257 g/mol. The van der Waals surface area contributed by atoms with Gasteiger partial charge in [-0.2, -0.15) is 5.11 Å². The second-order valence-corrected chi connectivity index (χ2v) is 4.23. The van der Waals surface area contributed by atoms with Gasteiger partial charge in [0.25, 0.3) is 0 Å². The molecule has 86 valence electrons. The molecular formula is C12H9Cl2N3. The van der Waals surface area contributed by atoms with Gasteiger partial charge in [0.2, 0.25) is 0 Å². The highest BCUT2D eigenvalue weighted by molar-refractivity contribution is 6.35. The number of hydrogen-bond donors (Lipinski definition) is 1. The zero-order valence-corrected chi connectivity index (χ0v) is 10.3. The predicted octanol–water partition coefficient (Wildman–Crippen LogP) is 4.99. The topological polar surface area (TPSA) is 50.7 Å². The summed E-state index contributed by atoms with van der Waals surface area (Å²) in [5.41, 5.74) is 7.49. The van der Waals surface area contributed by atoms with Gasteiger partial charge in [-0.25, -0.2) is 0 Å². The molecule has 3 nitrogen and oxygen atoms in total. The van der Waals surface area contributed by atoms with E-state index in [1.807, 2.05) is 0 Å². The Morgan fingerprint density at radius 2 is 1.59 bits per heavy atom. The lowest BCUT2D eigenvalue weighted by molar-refractivity contribution is 1.23. The molecule has 0 aliphatic heterocycles. The summed E-state index contributed by atoms with van der Waals surface area (Å²) in [6, 6.07) is 12.1. The summed E-state index contributed by atoms with van der Waals surface area (Å²) in [7, 11) is 0. The summed E-state index contributed by atoms with van der Waals surface area (Å²) in [6.45, 7) is 0. The van der Waals surface area contributed by atoms with Gasteiger partial charge >= 0.3 is 0 Å². The Morgan fingerprint density at radius 1 is 0.882 bits per heavy atom. The molecule has 2 aromatic rings. The van der Waals surface area contributed by atoms with E-state index in [0.29, 0.717) is 27.1 Å².